The Bertz CT molecular complexity index is 311. The summed E-state index contributed by atoms with van der Waals surface area (Å²) in [6, 6.07) is 4.04. The molecule has 1 unspecified atom stereocenters. The second-order valence-electron chi connectivity index (χ2n) is 4.67. The molecule has 0 amide bonds. The van der Waals surface area contributed by atoms with Gasteiger partial charge >= 0.3 is 0 Å². The van der Waals surface area contributed by atoms with Crippen molar-refractivity contribution in [1.29, 1.82) is 0 Å². The Morgan fingerprint density at radius 2 is 2.47 bits per heavy atom. The zero-order chi connectivity index (χ0) is 10.7. The third-order valence-corrected chi connectivity index (χ3v) is 2.88. The molecule has 0 spiro atoms. The van der Waals surface area contributed by atoms with Crippen LogP contribution in [0.3, 0.4) is 0 Å². The minimum Gasteiger partial charge on any atom is -0.389 e. The molecule has 1 aliphatic heterocycles. The number of nitrogens with zero attached hydrogens (tertiary/aromatic N) is 2. The van der Waals surface area contributed by atoms with Crippen molar-refractivity contribution in [1.82, 2.24) is 9.88 Å². The fourth-order valence-corrected chi connectivity index (χ4v) is 2.21. The highest BCUT2D eigenvalue weighted by molar-refractivity contribution is 5.08. The van der Waals surface area contributed by atoms with Gasteiger partial charge in [0.2, 0.25) is 0 Å². The fraction of sp³-hybridized carbons (Fsp3) is 0.583. The maximum absolute atomic E-state index is 9.97. The van der Waals surface area contributed by atoms with Crippen LogP contribution >= 0.6 is 0 Å². The van der Waals surface area contributed by atoms with Crippen molar-refractivity contribution in [3.05, 3.63) is 30.1 Å². The molecule has 2 rings (SSSR count). The van der Waals surface area contributed by atoms with Gasteiger partial charge in [0, 0.05) is 25.5 Å². The van der Waals surface area contributed by atoms with Crippen molar-refractivity contribution in [3.63, 3.8) is 0 Å². The van der Waals surface area contributed by atoms with E-state index in [4.69, 9.17) is 0 Å². The van der Waals surface area contributed by atoms with Crippen LogP contribution in [-0.2, 0) is 6.54 Å². The molecule has 1 N–H and O–H groups in total. The molecule has 0 saturated carbocycles. The SMILES string of the molecule is CC1(O)CCCN(Cc2cccnc2)C1. The van der Waals surface area contributed by atoms with Crippen molar-refractivity contribution in [2.45, 2.75) is 31.9 Å². The van der Waals surface area contributed by atoms with E-state index < -0.39 is 5.60 Å². The summed E-state index contributed by atoms with van der Waals surface area (Å²) in [5.74, 6) is 0. The summed E-state index contributed by atoms with van der Waals surface area (Å²) < 4.78 is 0. The first-order valence-corrected chi connectivity index (χ1v) is 5.49. The van der Waals surface area contributed by atoms with Crippen LogP contribution in [0.5, 0.6) is 0 Å². The topological polar surface area (TPSA) is 36.4 Å². The van der Waals surface area contributed by atoms with Gasteiger partial charge in [-0.15, -0.1) is 0 Å². The minimum atomic E-state index is -0.513. The predicted molar refractivity (Wildman–Crippen MR) is 59.4 cm³/mol. The van der Waals surface area contributed by atoms with Crippen molar-refractivity contribution >= 4 is 0 Å². The summed E-state index contributed by atoms with van der Waals surface area (Å²) in [6.07, 6.45) is 5.67. The lowest BCUT2D eigenvalue weighted by Gasteiger charge is -2.36. The highest BCUT2D eigenvalue weighted by Crippen LogP contribution is 2.21. The molecule has 1 aromatic rings. The van der Waals surface area contributed by atoms with Gasteiger partial charge in [-0.3, -0.25) is 9.88 Å². The van der Waals surface area contributed by atoms with E-state index in [9.17, 15) is 5.11 Å². The van der Waals surface area contributed by atoms with E-state index in [1.54, 1.807) is 6.20 Å². The van der Waals surface area contributed by atoms with Gasteiger partial charge in [-0.2, -0.15) is 0 Å². The molecule has 1 fully saturated rings. The van der Waals surface area contributed by atoms with Crippen molar-refractivity contribution in [2.75, 3.05) is 13.1 Å². The third kappa shape index (κ3) is 3.01. The lowest BCUT2D eigenvalue weighted by Crippen LogP contribution is -2.45. The van der Waals surface area contributed by atoms with Crippen LogP contribution in [0.4, 0.5) is 0 Å². The van der Waals surface area contributed by atoms with Gasteiger partial charge in [0.15, 0.2) is 0 Å². The molecule has 0 aromatic carbocycles. The highest BCUT2D eigenvalue weighted by atomic mass is 16.3. The van der Waals surface area contributed by atoms with E-state index in [2.05, 4.69) is 16.0 Å². The van der Waals surface area contributed by atoms with Crippen LogP contribution in [0.1, 0.15) is 25.3 Å². The Morgan fingerprint density at radius 3 is 3.13 bits per heavy atom. The van der Waals surface area contributed by atoms with Crippen LogP contribution in [-0.4, -0.2) is 33.7 Å². The van der Waals surface area contributed by atoms with Gasteiger partial charge in [0.1, 0.15) is 0 Å². The van der Waals surface area contributed by atoms with Gasteiger partial charge in [0.05, 0.1) is 5.60 Å². The van der Waals surface area contributed by atoms with Crippen LogP contribution < -0.4 is 0 Å². The highest BCUT2D eigenvalue weighted by Gasteiger charge is 2.27. The van der Waals surface area contributed by atoms with E-state index in [0.717, 1.165) is 32.5 Å². The average Bonchev–Trinajstić information content (AvgIpc) is 2.17. The first-order chi connectivity index (χ1) is 7.16. The molecule has 3 heteroatoms. The van der Waals surface area contributed by atoms with Gasteiger partial charge < -0.3 is 5.11 Å². The van der Waals surface area contributed by atoms with Gasteiger partial charge in [0.25, 0.3) is 0 Å². The maximum atomic E-state index is 9.97. The number of β-amino-alcohol motifs (C(OH)–C–C–N with tert-alkyl or cyclic N) is 1. The number of aromatic nitrogens is 1. The number of rotatable bonds is 2. The van der Waals surface area contributed by atoms with Crippen LogP contribution in [0.15, 0.2) is 24.5 Å². The number of hydrogen-bond acceptors (Lipinski definition) is 3. The quantitative estimate of drug-likeness (QED) is 0.795. The van der Waals surface area contributed by atoms with Crippen molar-refractivity contribution < 1.29 is 5.11 Å². The van der Waals surface area contributed by atoms with Gasteiger partial charge in [-0.1, -0.05) is 6.07 Å². The second kappa shape index (κ2) is 4.29. The van der Waals surface area contributed by atoms with Crippen LogP contribution in [0.2, 0.25) is 0 Å². The molecule has 1 saturated heterocycles. The Hall–Kier alpha value is -0.930. The summed E-state index contributed by atoms with van der Waals surface area (Å²) in [7, 11) is 0. The molecule has 0 bridgehead atoms. The summed E-state index contributed by atoms with van der Waals surface area (Å²) in [6.45, 7) is 4.65. The summed E-state index contributed by atoms with van der Waals surface area (Å²) in [4.78, 5) is 6.39. The smallest absolute Gasteiger partial charge is 0.0746 e. The van der Waals surface area contributed by atoms with Gasteiger partial charge in [-0.25, -0.2) is 0 Å². The first-order valence-electron chi connectivity index (χ1n) is 5.49. The zero-order valence-electron chi connectivity index (χ0n) is 9.19. The zero-order valence-corrected chi connectivity index (χ0v) is 9.19. The van der Waals surface area contributed by atoms with E-state index in [1.165, 1.54) is 5.56 Å². The number of likely N-dealkylation sites (tertiary alicyclic amines) is 1. The second-order valence-corrected chi connectivity index (χ2v) is 4.67. The fourth-order valence-electron chi connectivity index (χ4n) is 2.21. The van der Waals surface area contributed by atoms with Crippen molar-refractivity contribution in [3.8, 4) is 0 Å². The van der Waals surface area contributed by atoms with E-state index in [0.29, 0.717) is 0 Å². The molecule has 1 aliphatic rings. The number of aliphatic hydroxyl groups is 1. The molecule has 82 valence electrons. The molecule has 1 atom stereocenters. The van der Waals surface area contributed by atoms with Crippen LogP contribution in [0.25, 0.3) is 0 Å². The molecular weight excluding hydrogens is 188 g/mol. The Balaban J connectivity index is 1.95. The predicted octanol–water partition coefficient (Wildman–Crippen LogP) is 1.43. The van der Waals surface area contributed by atoms with Crippen LogP contribution in [0, 0.1) is 0 Å². The molecule has 1 aromatic heterocycles. The summed E-state index contributed by atoms with van der Waals surface area (Å²) >= 11 is 0. The van der Waals surface area contributed by atoms with E-state index in [-0.39, 0.29) is 0 Å². The van der Waals surface area contributed by atoms with E-state index in [1.807, 2.05) is 19.2 Å². The maximum Gasteiger partial charge on any atom is 0.0746 e. The minimum absolute atomic E-state index is 0.513. The molecule has 2 heterocycles. The largest absolute Gasteiger partial charge is 0.389 e. The van der Waals surface area contributed by atoms with Crippen molar-refractivity contribution in [2.24, 2.45) is 0 Å². The first kappa shape index (κ1) is 10.6. The number of piperidine rings is 1. The molecule has 0 radical (unpaired) electrons. The Kier molecular flexibility index (Phi) is 3.03. The lowest BCUT2D eigenvalue weighted by atomic mass is 9.95. The normalized spacial score (nSPS) is 27.9. The summed E-state index contributed by atoms with van der Waals surface area (Å²) in [5, 5.41) is 9.97. The average molecular weight is 206 g/mol. The monoisotopic (exact) mass is 206 g/mol. The number of hydrogen-bond donors (Lipinski definition) is 1. The molecule has 15 heavy (non-hydrogen) atoms. The summed E-state index contributed by atoms with van der Waals surface area (Å²) in [5.41, 5.74) is 0.704. The Labute approximate surface area is 90.8 Å². The molecule has 3 nitrogen and oxygen atoms in total. The third-order valence-electron chi connectivity index (χ3n) is 2.88. The lowest BCUT2D eigenvalue weighted by molar-refractivity contribution is -0.0181. The molecule has 0 aliphatic carbocycles. The van der Waals surface area contributed by atoms with E-state index >= 15 is 0 Å². The Morgan fingerprint density at radius 1 is 1.60 bits per heavy atom. The van der Waals surface area contributed by atoms with Gasteiger partial charge in [-0.05, 0) is 37.9 Å². The number of pyridine rings is 1. The standard InChI is InChI=1S/C12H18N2O/c1-12(15)5-3-7-14(10-12)9-11-4-2-6-13-8-11/h2,4,6,8,15H,3,5,7,9-10H2,1H3. The molecular formula is C12H18N2O.